The van der Waals surface area contributed by atoms with Crippen LogP contribution in [0.15, 0.2) is 138 Å². The zero-order valence-corrected chi connectivity index (χ0v) is 19.1. The zero-order chi connectivity index (χ0) is 23.2. The second-order valence-electron chi connectivity index (χ2n) is 8.93. The minimum atomic E-state index is 1.10. The van der Waals surface area contributed by atoms with E-state index in [1.807, 2.05) is 6.26 Å². The molecule has 0 amide bonds. The molecule has 0 fully saturated rings. The van der Waals surface area contributed by atoms with E-state index in [1.54, 1.807) is 6.26 Å². The molecule has 1 nitrogen and oxygen atoms in total. The minimum absolute atomic E-state index is 1.10. The lowest BCUT2D eigenvalue weighted by atomic mass is 9.84. The molecule has 0 atom stereocenters. The van der Waals surface area contributed by atoms with Gasteiger partial charge < -0.3 is 4.42 Å². The van der Waals surface area contributed by atoms with Crippen molar-refractivity contribution in [3.05, 3.63) is 134 Å². The standard InChI is InChI=1S/C34H22O/c1-2-10-23(11-3-1)25-18-19-32(27-13-5-4-12-26(25)27)34-30-16-8-6-14-28(30)33(24-20-21-35-22-24)29-15-7-9-17-31(29)34/h1-22H. The first-order valence-corrected chi connectivity index (χ1v) is 11.9. The van der Waals surface area contributed by atoms with Gasteiger partial charge in [-0.2, -0.15) is 0 Å². The minimum Gasteiger partial charge on any atom is -0.472 e. The lowest BCUT2D eigenvalue weighted by Gasteiger charge is -2.19. The smallest absolute Gasteiger partial charge is 0.0981 e. The van der Waals surface area contributed by atoms with Gasteiger partial charge in [-0.05, 0) is 60.6 Å². The molecule has 0 bridgehead atoms. The fraction of sp³-hybridized carbons (Fsp3) is 0. The van der Waals surface area contributed by atoms with Crippen LogP contribution in [-0.2, 0) is 0 Å². The highest BCUT2D eigenvalue weighted by atomic mass is 16.3. The van der Waals surface area contributed by atoms with E-state index in [2.05, 4.69) is 121 Å². The van der Waals surface area contributed by atoms with Crippen molar-refractivity contribution in [1.82, 2.24) is 0 Å². The van der Waals surface area contributed by atoms with Gasteiger partial charge in [0.05, 0.1) is 12.5 Å². The van der Waals surface area contributed by atoms with E-state index in [4.69, 9.17) is 4.42 Å². The summed E-state index contributed by atoms with van der Waals surface area (Å²) < 4.78 is 5.49. The summed E-state index contributed by atoms with van der Waals surface area (Å²) >= 11 is 0. The van der Waals surface area contributed by atoms with Crippen LogP contribution in [0.3, 0.4) is 0 Å². The van der Waals surface area contributed by atoms with E-state index in [-0.39, 0.29) is 0 Å². The van der Waals surface area contributed by atoms with Gasteiger partial charge in [0.1, 0.15) is 0 Å². The number of fused-ring (bicyclic) bond motifs is 3. The Morgan fingerprint density at radius 1 is 0.343 bits per heavy atom. The molecule has 6 aromatic carbocycles. The molecular formula is C34H22O. The van der Waals surface area contributed by atoms with Crippen molar-refractivity contribution in [2.75, 3.05) is 0 Å². The molecule has 1 heteroatoms. The molecule has 1 heterocycles. The maximum atomic E-state index is 5.49. The Morgan fingerprint density at radius 2 is 0.829 bits per heavy atom. The second kappa shape index (κ2) is 8.00. The monoisotopic (exact) mass is 446 g/mol. The Hall–Kier alpha value is -4.62. The van der Waals surface area contributed by atoms with Crippen LogP contribution in [0.5, 0.6) is 0 Å². The molecule has 0 saturated heterocycles. The summed E-state index contributed by atoms with van der Waals surface area (Å²) in [5.74, 6) is 0. The topological polar surface area (TPSA) is 13.1 Å². The number of hydrogen-bond donors (Lipinski definition) is 0. The normalized spacial score (nSPS) is 11.4. The van der Waals surface area contributed by atoms with Crippen LogP contribution in [0.1, 0.15) is 0 Å². The molecule has 0 unspecified atom stereocenters. The number of benzene rings is 6. The molecule has 0 radical (unpaired) electrons. The van der Waals surface area contributed by atoms with Crippen molar-refractivity contribution in [1.29, 1.82) is 0 Å². The summed E-state index contributed by atoms with van der Waals surface area (Å²) in [4.78, 5) is 0. The summed E-state index contributed by atoms with van der Waals surface area (Å²) in [6, 6.07) is 43.6. The van der Waals surface area contributed by atoms with Gasteiger partial charge in [0.15, 0.2) is 0 Å². The quantitative estimate of drug-likeness (QED) is 0.246. The maximum absolute atomic E-state index is 5.49. The van der Waals surface area contributed by atoms with Crippen LogP contribution < -0.4 is 0 Å². The maximum Gasteiger partial charge on any atom is 0.0981 e. The van der Waals surface area contributed by atoms with Gasteiger partial charge in [-0.25, -0.2) is 0 Å². The molecular weight excluding hydrogens is 424 g/mol. The molecule has 0 aliphatic carbocycles. The van der Waals surface area contributed by atoms with Crippen LogP contribution in [-0.4, -0.2) is 0 Å². The van der Waals surface area contributed by atoms with Crippen molar-refractivity contribution < 1.29 is 4.42 Å². The molecule has 7 rings (SSSR count). The second-order valence-corrected chi connectivity index (χ2v) is 8.93. The van der Waals surface area contributed by atoms with Gasteiger partial charge in [-0.15, -0.1) is 0 Å². The molecule has 0 N–H and O–H groups in total. The van der Waals surface area contributed by atoms with Crippen molar-refractivity contribution in [3.63, 3.8) is 0 Å². The highest BCUT2D eigenvalue weighted by molar-refractivity contribution is 6.24. The van der Waals surface area contributed by atoms with Crippen LogP contribution in [0.25, 0.3) is 65.7 Å². The van der Waals surface area contributed by atoms with Gasteiger partial charge in [-0.1, -0.05) is 115 Å². The van der Waals surface area contributed by atoms with Crippen molar-refractivity contribution >= 4 is 32.3 Å². The number of rotatable bonds is 3. The van der Waals surface area contributed by atoms with E-state index >= 15 is 0 Å². The van der Waals surface area contributed by atoms with Crippen LogP contribution >= 0.6 is 0 Å². The Labute approximate surface area is 203 Å². The highest BCUT2D eigenvalue weighted by Gasteiger charge is 2.19. The summed E-state index contributed by atoms with van der Waals surface area (Å²) in [6.07, 6.45) is 3.60. The van der Waals surface area contributed by atoms with E-state index < -0.39 is 0 Å². The molecule has 0 aliphatic heterocycles. The highest BCUT2D eigenvalue weighted by Crippen LogP contribution is 2.46. The molecule has 0 aliphatic rings. The molecule has 0 saturated carbocycles. The molecule has 164 valence electrons. The Bertz CT molecular complexity index is 1770. The first-order chi connectivity index (χ1) is 17.4. The van der Waals surface area contributed by atoms with Crippen LogP contribution in [0.2, 0.25) is 0 Å². The summed E-state index contributed by atoms with van der Waals surface area (Å²) in [7, 11) is 0. The largest absolute Gasteiger partial charge is 0.472 e. The third-order valence-electron chi connectivity index (χ3n) is 7.02. The van der Waals surface area contributed by atoms with Crippen molar-refractivity contribution in [2.45, 2.75) is 0 Å². The fourth-order valence-corrected chi connectivity index (χ4v) is 5.52. The lowest BCUT2D eigenvalue weighted by Crippen LogP contribution is -1.92. The summed E-state index contributed by atoms with van der Waals surface area (Å²) in [5.41, 5.74) is 7.35. The Kier molecular flexibility index (Phi) is 4.53. The van der Waals surface area contributed by atoms with E-state index in [1.165, 1.54) is 60.1 Å². The van der Waals surface area contributed by atoms with Crippen molar-refractivity contribution in [2.24, 2.45) is 0 Å². The first-order valence-electron chi connectivity index (χ1n) is 11.9. The van der Waals surface area contributed by atoms with Crippen LogP contribution in [0, 0.1) is 0 Å². The molecule has 7 aromatic rings. The van der Waals surface area contributed by atoms with E-state index in [0.29, 0.717) is 0 Å². The van der Waals surface area contributed by atoms with Gasteiger partial charge in [0.2, 0.25) is 0 Å². The molecule has 1 aromatic heterocycles. The van der Waals surface area contributed by atoms with Gasteiger partial charge in [0, 0.05) is 11.1 Å². The summed E-state index contributed by atoms with van der Waals surface area (Å²) in [5, 5.41) is 7.50. The zero-order valence-electron chi connectivity index (χ0n) is 19.1. The van der Waals surface area contributed by atoms with Gasteiger partial charge in [0.25, 0.3) is 0 Å². The first kappa shape index (κ1) is 19.8. The SMILES string of the molecule is c1ccc(-c2ccc(-c3c4ccccc4c(-c4ccoc4)c4ccccc34)c3ccccc23)cc1. The molecule has 35 heavy (non-hydrogen) atoms. The molecule has 0 spiro atoms. The van der Waals surface area contributed by atoms with E-state index in [9.17, 15) is 0 Å². The predicted molar refractivity (Wildman–Crippen MR) is 148 cm³/mol. The third-order valence-corrected chi connectivity index (χ3v) is 7.02. The summed E-state index contributed by atoms with van der Waals surface area (Å²) in [6.45, 7) is 0. The number of furan rings is 1. The van der Waals surface area contributed by atoms with Crippen molar-refractivity contribution in [3.8, 4) is 33.4 Å². The fourth-order valence-electron chi connectivity index (χ4n) is 5.52. The lowest BCUT2D eigenvalue weighted by molar-refractivity contribution is 0.568. The van der Waals surface area contributed by atoms with Gasteiger partial charge >= 0.3 is 0 Å². The van der Waals surface area contributed by atoms with E-state index in [0.717, 1.165) is 5.56 Å². The number of hydrogen-bond acceptors (Lipinski definition) is 1. The average molecular weight is 447 g/mol. The average Bonchev–Trinajstić information content (AvgIpc) is 3.46. The van der Waals surface area contributed by atoms with Gasteiger partial charge in [-0.3, -0.25) is 0 Å². The third kappa shape index (κ3) is 3.09. The van der Waals surface area contributed by atoms with Crippen LogP contribution in [0.4, 0.5) is 0 Å². The predicted octanol–water partition coefficient (Wildman–Crippen LogP) is 9.74. The Balaban J connectivity index is 1.63. The Morgan fingerprint density at radius 3 is 1.40 bits per heavy atom.